The number of sulfonamides is 1. The first-order valence-corrected chi connectivity index (χ1v) is 9.75. The summed E-state index contributed by atoms with van der Waals surface area (Å²) in [4.78, 5) is 6.52. The van der Waals surface area contributed by atoms with Crippen molar-refractivity contribution >= 4 is 27.6 Å². The molecule has 2 rings (SSSR count). The van der Waals surface area contributed by atoms with E-state index >= 15 is 0 Å². The van der Waals surface area contributed by atoms with Crippen molar-refractivity contribution in [3.05, 3.63) is 29.3 Å². The van der Waals surface area contributed by atoms with Gasteiger partial charge in [0.05, 0.1) is 17.5 Å². The van der Waals surface area contributed by atoms with Crippen molar-refractivity contribution in [2.75, 3.05) is 32.7 Å². The van der Waals surface area contributed by atoms with Crippen LogP contribution in [0.2, 0.25) is 5.02 Å². The summed E-state index contributed by atoms with van der Waals surface area (Å²) in [5.41, 5.74) is 0. The van der Waals surface area contributed by atoms with Crippen molar-refractivity contribution in [1.82, 2.24) is 14.9 Å². The number of hydrogen-bond donors (Lipinski definition) is 3. The normalized spacial score (nSPS) is 18.9. The molecule has 0 radical (unpaired) electrons. The number of guanidine groups is 1. The highest BCUT2D eigenvalue weighted by atomic mass is 35.5. The molecule has 0 spiro atoms. The average Bonchev–Trinajstić information content (AvgIpc) is 2.97. The third kappa shape index (κ3) is 5.34. The van der Waals surface area contributed by atoms with Crippen molar-refractivity contribution in [3.63, 3.8) is 0 Å². The van der Waals surface area contributed by atoms with E-state index in [2.05, 4.69) is 15.0 Å². The molecule has 1 aromatic carbocycles. The van der Waals surface area contributed by atoms with Crippen molar-refractivity contribution < 1.29 is 13.5 Å². The summed E-state index contributed by atoms with van der Waals surface area (Å²) in [7, 11) is -3.60. The lowest BCUT2D eigenvalue weighted by molar-refractivity contribution is 0.188. The van der Waals surface area contributed by atoms with E-state index in [0.29, 0.717) is 37.0 Å². The van der Waals surface area contributed by atoms with Crippen LogP contribution in [0, 0.1) is 0 Å². The lowest BCUT2D eigenvalue weighted by Crippen LogP contribution is -2.41. The van der Waals surface area contributed by atoms with Gasteiger partial charge in [0.2, 0.25) is 10.0 Å². The van der Waals surface area contributed by atoms with Crippen LogP contribution in [0.5, 0.6) is 0 Å². The minimum atomic E-state index is -3.60. The van der Waals surface area contributed by atoms with Gasteiger partial charge < -0.3 is 15.3 Å². The molecule has 0 aromatic heterocycles. The van der Waals surface area contributed by atoms with Gasteiger partial charge in [-0.3, -0.25) is 4.99 Å². The van der Waals surface area contributed by atoms with Crippen LogP contribution in [0.25, 0.3) is 0 Å². The second-order valence-corrected chi connectivity index (χ2v) is 7.68. The largest absolute Gasteiger partial charge is 0.391 e. The van der Waals surface area contributed by atoms with Gasteiger partial charge in [-0.2, -0.15) is 0 Å². The standard InChI is InChI=1S/C15H23ClN4O3S/c1-2-17-15(20-9-6-13(21)11-20)18-7-8-19-24(22,23)14-5-3-4-12(16)10-14/h3-5,10,13,19,21H,2,6-9,11H2,1H3,(H,17,18)/t13-/m1/s1. The zero-order valence-corrected chi connectivity index (χ0v) is 15.1. The van der Waals surface area contributed by atoms with E-state index in [4.69, 9.17) is 11.6 Å². The predicted molar refractivity (Wildman–Crippen MR) is 94.8 cm³/mol. The first-order valence-electron chi connectivity index (χ1n) is 7.89. The van der Waals surface area contributed by atoms with Gasteiger partial charge >= 0.3 is 0 Å². The van der Waals surface area contributed by atoms with E-state index in [0.717, 1.165) is 6.54 Å². The molecule has 7 nitrogen and oxygen atoms in total. The number of hydrogen-bond acceptors (Lipinski definition) is 4. The maximum absolute atomic E-state index is 12.2. The second kappa shape index (κ2) is 8.66. The van der Waals surface area contributed by atoms with Gasteiger partial charge in [-0.25, -0.2) is 13.1 Å². The van der Waals surface area contributed by atoms with Crippen molar-refractivity contribution in [2.45, 2.75) is 24.3 Å². The van der Waals surface area contributed by atoms with Crippen molar-refractivity contribution in [2.24, 2.45) is 4.99 Å². The number of nitrogens with zero attached hydrogens (tertiary/aromatic N) is 2. The Morgan fingerprint density at radius 2 is 2.29 bits per heavy atom. The average molecular weight is 375 g/mol. The third-order valence-corrected chi connectivity index (χ3v) is 5.26. The molecule has 1 fully saturated rings. The molecule has 9 heteroatoms. The molecule has 3 N–H and O–H groups in total. The summed E-state index contributed by atoms with van der Waals surface area (Å²) in [5.74, 6) is 0.691. The van der Waals surface area contributed by atoms with Crippen molar-refractivity contribution in [1.29, 1.82) is 0 Å². The summed E-state index contributed by atoms with van der Waals surface area (Å²) in [6.07, 6.45) is 0.376. The Morgan fingerprint density at radius 1 is 1.50 bits per heavy atom. The zero-order valence-electron chi connectivity index (χ0n) is 13.6. The monoisotopic (exact) mass is 374 g/mol. The maximum Gasteiger partial charge on any atom is 0.240 e. The van der Waals surface area contributed by atoms with Gasteiger partial charge in [0.15, 0.2) is 5.96 Å². The Balaban J connectivity index is 1.91. The number of nitrogens with one attached hydrogen (secondary N) is 2. The van der Waals surface area contributed by atoms with Crippen LogP contribution in [-0.4, -0.2) is 63.2 Å². The second-order valence-electron chi connectivity index (χ2n) is 5.48. The van der Waals surface area contributed by atoms with E-state index in [-0.39, 0.29) is 17.5 Å². The molecular weight excluding hydrogens is 352 g/mol. The highest BCUT2D eigenvalue weighted by Gasteiger charge is 2.22. The van der Waals surface area contributed by atoms with Gasteiger partial charge in [-0.15, -0.1) is 0 Å². The quantitative estimate of drug-likeness (QED) is 0.386. The van der Waals surface area contributed by atoms with Crippen LogP contribution in [-0.2, 0) is 10.0 Å². The van der Waals surface area contributed by atoms with E-state index in [1.807, 2.05) is 11.8 Å². The van der Waals surface area contributed by atoms with E-state index in [9.17, 15) is 13.5 Å². The number of halogens is 1. The minimum Gasteiger partial charge on any atom is -0.391 e. The van der Waals surface area contributed by atoms with E-state index < -0.39 is 10.0 Å². The number of aliphatic imine (C=N–C) groups is 1. The van der Waals surface area contributed by atoms with Gasteiger partial charge in [-0.05, 0) is 31.5 Å². The zero-order chi connectivity index (χ0) is 17.6. The molecule has 1 atom stereocenters. The highest BCUT2D eigenvalue weighted by molar-refractivity contribution is 7.89. The fourth-order valence-corrected chi connectivity index (χ4v) is 3.74. The fraction of sp³-hybridized carbons (Fsp3) is 0.533. The minimum absolute atomic E-state index is 0.133. The Morgan fingerprint density at radius 3 is 2.92 bits per heavy atom. The van der Waals surface area contributed by atoms with E-state index in [1.165, 1.54) is 12.1 Å². The lowest BCUT2D eigenvalue weighted by Gasteiger charge is -2.20. The van der Waals surface area contributed by atoms with Crippen LogP contribution < -0.4 is 10.0 Å². The summed E-state index contributed by atoms with van der Waals surface area (Å²) in [5, 5.41) is 13.1. The number of aliphatic hydroxyl groups is 1. The maximum atomic E-state index is 12.2. The fourth-order valence-electron chi connectivity index (χ4n) is 2.42. The molecular formula is C15H23ClN4O3S. The molecule has 0 amide bonds. The Hall–Kier alpha value is -1.35. The molecule has 0 aliphatic carbocycles. The molecule has 0 saturated carbocycles. The van der Waals surface area contributed by atoms with Crippen LogP contribution in [0.1, 0.15) is 13.3 Å². The van der Waals surface area contributed by atoms with Crippen LogP contribution in [0.4, 0.5) is 0 Å². The van der Waals surface area contributed by atoms with Crippen molar-refractivity contribution in [3.8, 4) is 0 Å². The molecule has 0 unspecified atom stereocenters. The van der Waals surface area contributed by atoms with Gasteiger partial charge in [-0.1, -0.05) is 17.7 Å². The number of rotatable bonds is 6. The SMILES string of the molecule is CCNC(=NCCNS(=O)(=O)c1cccc(Cl)c1)N1CC[C@@H](O)C1. The van der Waals surface area contributed by atoms with Gasteiger partial charge in [0.25, 0.3) is 0 Å². The predicted octanol–water partition coefficient (Wildman–Crippen LogP) is 0.650. The smallest absolute Gasteiger partial charge is 0.240 e. The first kappa shape index (κ1) is 19.0. The third-order valence-electron chi connectivity index (χ3n) is 3.57. The number of benzene rings is 1. The molecule has 24 heavy (non-hydrogen) atoms. The molecule has 1 aliphatic rings. The van der Waals surface area contributed by atoms with Gasteiger partial charge in [0.1, 0.15) is 0 Å². The molecule has 134 valence electrons. The molecule has 1 aromatic rings. The molecule has 1 aliphatic heterocycles. The number of β-amino-alcohol motifs (C(OH)–C–C–N with tert-alkyl or cyclic N) is 1. The summed E-state index contributed by atoms with van der Waals surface area (Å²) >= 11 is 5.82. The Kier molecular flexibility index (Phi) is 6.85. The summed E-state index contributed by atoms with van der Waals surface area (Å²) in [6, 6.07) is 6.12. The topological polar surface area (TPSA) is 94.0 Å². The Labute approximate surface area is 147 Å². The van der Waals surface area contributed by atoms with Crippen LogP contribution in [0.15, 0.2) is 34.2 Å². The van der Waals surface area contributed by atoms with Gasteiger partial charge in [0, 0.05) is 31.2 Å². The van der Waals surface area contributed by atoms with Crippen LogP contribution in [0.3, 0.4) is 0 Å². The highest BCUT2D eigenvalue weighted by Crippen LogP contribution is 2.15. The first-order chi connectivity index (χ1) is 11.4. The lowest BCUT2D eigenvalue weighted by atomic mass is 10.3. The molecule has 1 heterocycles. The number of aliphatic hydroxyl groups excluding tert-OH is 1. The number of likely N-dealkylation sites (tertiary alicyclic amines) is 1. The van der Waals surface area contributed by atoms with Crippen LogP contribution >= 0.6 is 11.6 Å². The van der Waals surface area contributed by atoms with E-state index in [1.54, 1.807) is 12.1 Å². The summed E-state index contributed by atoms with van der Waals surface area (Å²) < 4.78 is 26.9. The Bertz CT molecular complexity index is 681. The molecule has 0 bridgehead atoms. The molecule has 1 saturated heterocycles. The summed E-state index contributed by atoms with van der Waals surface area (Å²) in [6.45, 7) is 4.43.